The number of rotatable bonds is 4. The highest BCUT2D eigenvalue weighted by molar-refractivity contribution is 7.07. The van der Waals surface area contributed by atoms with Crippen molar-refractivity contribution in [1.82, 2.24) is 10.3 Å². The Bertz CT molecular complexity index is 409. The van der Waals surface area contributed by atoms with Gasteiger partial charge in [-0.1, -0.05) is 6.92 Å². The third-order valence-corrected chi connectivity index (χ3v) is 2.69. The van der Waals surface area contributed by atoms with Crippen molar-refractivity contribution in [1.29, 1.82) is 0 Å². The van der Waals surface area contributed by atoms with Gasteiger partial charge in [-0.15, -0.1) is 11.3 Å². The molecule has 1 rings (SSSR count). The lowest BCUT2D eigenvalue weighted by molar-refractivity contribution is 0.0490. The van der Waals surface area contributed by atoms with Gasteiger partial charge in [-0.2, -0.15) is 0 Å². The summed E-state index contributed by atoms with van der Waals surface area (Å²) in [6.45, 7) is 7.15. The van der Waals surface area contributed by atoms with E-state index >= 15 is 0 Å². The normalized spacial score (nSPS) is 12.9. The molecule has 0 bridgehead atoms. The maximum Gasteiger partial charge on any atom is 0.408 e. The highest BCUT2D eigenvalue weighted by Gasteiger charge is 2.24. The Hall–Kier alpha value is -1.43. The van der Waals surface area contributed by atoms with Crippen LogP contribution in [0.25, 0.3) is 0 Å². The van der Waals surface area contributed by atoms with Gasteiger partial charge in [-0.05, 0) is 27.2 Å². The number of amides is 1. The van der Waals surface area contributed by atoms with Gasteiger partial charge in [0.1, 0.15) is 11.3 Å². The van der Waals surface area contributed by atoms with Gasteiger partial charge in [-0.3, -0.25) is 4.79 Å². The Labute approximate surface area is 111 Å². The number of nitrogens with one attached hydrogen (secondary N) is 1. The first kappa shape index (κ1) is 14.6. The maximum absolute atomic E-state index is 12.0. The summed E-state index contributed by atoms with van der Waals surface area (Å²) in [5, 5.41) is 4.23. The SMILES string of the molecule is CCC(NC(=O)OC(C)(C)C)C(=O)c1cscn1. The van der Waals surface area contributed by atoms with Crippen LogP contribution in [-0.4, -0.2) is 28.5 Å². The van der Waals surface area contributed by atoms with Gasteiger partial charge in [0.25, 0.3) is 0 Å². The molecule has 0 aliphatic rings. The van der Waals surface area contributed by atoms with Crippen molar-refractivity contribution in [2.45, 2.75) is 45.8 Å². The van der Waals surface area contributed by atoms with E-state index in [1.165, 1.54) is 11.3 Å². The molecule has 1 atom stereocenters. The van der Waals surface area contributed by atoms with Gasteiger partial charge in [0, 0.05) is 5.38 Å². The molecule has 1 heterocycles. The van der Waals surface area contributed by atoms with E-state index in [1.807, 2.05) is 6.92 Å². The number of thiazole rings is 1. The van der Waals surface area contributed by atoms with E-state index in [1.54, 1.807) is 31.7 Å². The van der Waals surface area contributed by atoms with Crippen molar-refractivity contribution in [2.75, 3.05) is 0 Å². The van der Waals surface area contributed by atoms with E-state index in [2.05, 4.69) is 10.3 Å². The maximum atomic E-state index is 12.0. The smallest absolute Gasteiger partial charge is 0.408 e. The Balaban J connectivity index is 2.63. The molecule has 0 saturated carbocycles. The molecule has 0 aliphatic carbocycles. The summed E-state index contributed by atoms with van der Waals surface area (Å²) in [4.78, 5) is 27.6. The zero-order chi connectivity index (χ0) is 13.8. The summed E-state index contributed by atoms with van der Waals surface area (Å²) in [5.74, 6) is -0.190. The summed E-state index contributed by atoms with van der Waals surface area (Å²) in [6.07, 6.45) is -0.0896. The van der Waals surface area contributed by atoms with Crippen LogP contribution < -0.4 is 5.32 Å². The van der Waals surface area contributed by atoms with Crippen LogP contribution in [0.3, 0.4) is 0 Å². The Morgan fingerprint density at radius 2 is 2.17 bits per heavy atom. The van der Waals surface area contributed by atoms with Crippen molar-refractivity contribution >= 4 is 23.2 Å². The lowest BCUT2D eigenvalue weighted by Crippen LogP contribution is -2.43. The minimum Gasteiger partial charge on any atom is -0.444 e. The number of alkyl carbamates (subject to hydrolysis) is 1. The third kappa shape index (κ3) is 4.44. The topological polar surface area (TPSA) is 68.3 Å². The Morgan fingerprint density at radius 1 is 1.50 bits per heavy atom. The van der Waals surface area contributed by atoms with Crippen molar-refractivity contribution in [3.05, 3.63) is 16.6 Å². The number of aromatic nitrogens is 1. The summed E-state index contributed by atoms with van der Waals surface area (Å²) in [5.41, 5.74) is 1.39. The van der Waals surface area contributed by atoms with Crippen molar-refractivity contribution < 1.29 is 14.3 Å². The molecular weight excluding hydrogens is 252 g/mol. The van der Waals surface area contributed by atoms with Crippen LogP contribution in [0.2, 0.25) is 0 Å². The molecule has 100 valence electrons. The fourth-order valence-corrected chi connectivity index (χ4v) is 1.86. The zero-order valence-corrected chi connectivity index (χ0v) is 11.8. The van der Waals surface area contributed by atoms with Crippen molar-refractivity contribution in [2.24, 2.45) is 0 Å². The van der Waals surface area contributed by atoms with Gasteiger partial charge >= 0.3 is 6.09 Å². The molecule has 1 aromatic rings. The first-order valence-electron chi connectivity index (χ1n) is 5.75. The fourth-order valence-electron chi connectivity index (χ4n) is 1.32. The number of ether oxygens (including phenoxy) is 1. The molecule has 0 spiro atoms. The Morgan fingerprint density at radius 3 is 2.61 bits per heavy atom. The molecule has 0 fully saturated rings. The molecule has 0 radical (unpaired) electrons. The molecule has 5 nitrogen and oxygen atoms in total. The van der Waals surface area contributed by atoms with E-state index in [0.717, 1.165) is 0 Å². The van der Waals surface area contributed by atoms with Gasteiger partial charge < -0.3 is 10.1 Å². The lowest BCUT2D eigenvalue weighted by atomic mass is 10.1. The van der Waals surface area contributed by atoms with E-state index in [4.69, 9.17) is 4.74 Å². The summed E-state index contributed by atoms with van der Waals surface area (Å²) >= 11 is 1.35. The van der Waals surface area contributed by atoms with Gasteiger partial charge in [0.2, 0.25) is 5.78 Å². The molecule has 0 aliphatic heterocycles. The number of hydrogen-bond donors (Lipinski definition) is 1. The predicted molar refractivity (Wildman–Crippen MR) is 69.9 cm³/mol. The van der Waals surface area contributed by atoms with E-state index in [-0.39, 0.29) is 5.78 Å². The van der Waals surface area contributed by atoms with Gasteiger partial charge in [0.15, 0.2) is 0 Å². The molecule has 0 saturated heterocycles. The molecule has 6 heteroatoms. The fraction of sp³-hybridized carbons (Fsp3) is 0.583. The van der Waals surface area contributed by atoms with Crippen molar-refractivity contribution in [3.63, 3.8) is 0 Å². The molecule has 0 aromatic carbocycles. The average Bonchev–Trinajstić information content (AvgIpc) is 2.75. The molecule has 1 N–H and O–H groups in total. The number of ketones is 1. The number of carbonyl (C=O) groups is 2. The monoisotopic (exact) mass is 270 g/mol. The van der Waals surface area contributed by atoms with E-state index in [0.29, 0.717) is 12.1 Å². The highest BCUT2D eigenvalue weighted by Crippen LogP contribution is 2.10. The quantitative estimate of drug-likeness (QED) is 0.854. The van der Waals surface area contributed by atoms with Crippen molar-refractivity contribution in [3.8, 4) is 0 Å². The van der Waals surface area contributed by atoms with Crippen LogP contribution in [-0.2, 0) is 4.74 Å². The van der Waals surface area contributed by atoms with Crippen LogP contribution >= 0.6 is 11.3 Å². The minimum atomic E-state index is -0.595. The second-order valence-electron chi connectivity index (χ2n) is 4.84. The van der Waals surface area contributed by atoms with Crippen LogP contribution in [0, 0.1) is 0 Å². The first-order chi connectivity index (χ1) is 8.33. The first-order valence-corrected chi connectivity index (χ1v) is 6.69. The number of nitrogens with zero attached hydrogens (tertiary/aromatic N) is 1. The zero-order valence-electron chi connectivity index (χ0n) is 11.0. The molecular formula is C12H18N2O3S. The molecule has 1 aromatic heterocycles. The molecule has 18 heavy (non-hydrogen) atoms. The van der Waals surface area contributed by atoms with Crippen LogP contribution in [0.4, 0.5) is 4.79 Å². The van der Waals surface area contributed by atoms with Gasteiger partial charge in [-0.25, -0.2) is 9.78 Å². The average molecular weight is 270 g/mol. The number of hydrogen-bond acceptors (Lipinski definition) is 5. The number of Topliss-reactive ketones (excluding diaryl/α,β-unsaturated/α-hetero) is 1. The summed E-state index contributed by atoms with van der Waals surface area (Å²) < 4.78 is 5.12. The van der Waals surface area contributed by atoms with Crippen LogP contribution in [0.5, 0.6) is 0 Å². The highest BCUT2D eigenvalue weighted by atomic mass is 32.1. The largest absolute Gasteiger partial charge is 0.444 e. The lowest BCUT2D eigenvalue weighted by Gasteiger charge is -2.22. The Kier molecular flexibility index (Phi) is 4.84. The predicted octanol–water partition coefficient (Wildman–Crippen LogP) is 2.63. The van der Waals surface area contributed by atoms with Crippen LogP contribution in [0.1, 0.15) is 44.6 Å². The van der Waals surface area contributed by atoms with E-state index in [9.17, 15) is 9.59 Å². The number of carbonyl (C=O) groups excluding carboxylic acids is 2. The van der Waals surface area contributed by atoms with Gasteiger partial charge in [0.05, 0.1) is 11.6 Å². The van der Waals surface area contributed by atoms with Crippen LogP contribution in [0.15, 0.2) is 10.9 Å². The third-order valence-electron chi connectivity index (χ3n) is 2.10. The summed E-state index contributed by atoms with van der Waals surface area (Å²) in [6, 6.07) is -0.595. The standard InChI is InChI=1S/C12H18N2O3S/c1-5-8(10(15)9-6-18-7-13-9)14-11(16)17-12(2,3)4/h6-8H,5H2,1-4H3,(H,14,16). The van der Waals surface area contributed by atoms with E-state index < -0.39 is 17.7 Å². The molecule has 1 unspecified atom stereocenters. The molecule has 1 amide bonds. The minimum absolute atomic E-state index is 0.190. The second-order valence-corrected chi connectivity index (χ2v) is 5.56. The summed E-state index contributed by atoms with van der Waals surface area (Å²) in [7, 11) is 0. The second kappa shape index (κ2) is 5.95.